The second-order valence-corrected chi connectivity index (χ2v) is 2.97. The zero-order chi connectivity index (χ0) is 11.3. The van der Waals surface area contributed by atoms with Crippen molar-refractivity contribution < 1.29 is 19.4 Å². The van der Waals surface area contributed by atoms with Gasteiger partial charge in [0.15, 0.2) is 0 Å². The minimum Gasteiger partial charge on any atom is -0.497 e. The molecule has 0 unspecified atom stereocenters. The van der Waals surface area contributed by atoms with Gasteiger partial charge in [-0.25, -0.2) is 4.79 Å². The van der Waals surface area contributed by atoms with Gasteiger partial charge in [-0.15, -0.1) is 0 Å². The van der Waals surface area contributed by atoms with Gasteiger partial charge >= 0.3 is 5.97 Å². The second-order valence-electron chi connectivity index (χ2n) is 2.97. The van der Waals surface area contributed by atoms with Crippen LogP contribution in [-0.2, 0) is 11.3 Å². The molecule has 0 atom stereocenters. The summed E-state index contributed by atoms with van der Waals surface area (Å²) in [5.74, 6) is -0.434. The molecule has 0 aliphatic carbocycles. The number of carbonyl (C=O) groups is 1. The Morgan fingerprint density at radius 1 is 1.47 bits per heavy atom. The Balaban J connectivity index is 2.98. The summed E-state index contributed by atoms with van der Waals surface area (Å²) >= 11 is 0. The molecule has 4 nitrogen and oxygen atoms in total. The first-order chi connectivity index (χ1) is 7.19. The Bertz CT molecular complexity index is 346. The molecule has 0 saturated carbocycles. The third kappa shape index (κ3) is 2.95. The second kappa shape index (κ2) is 5.36. The first kappa shape index (κ1) is 11.5. The predicted octanol–water partition coefficient (Wildman–Crippen LogP) is 1.93. The number of hydrogen-bond acceptors (Lipinski definition) is 3. The maximum Gasteiger partial charge on any atom is 0.336 e. The van der Waals surface area contributed by atoms with E-state index in [9.17, 15) is 4.79 Å². The predicted molar refractivity (Wildman–Crippen MR) is 55.3 cm³/mol. The molecule has 0 aromatic heterocycles. The lowest BCUT2D eigenvalue weighted by molar-refractivity contribution is 0.0688. The van der Waals surface area contributed by atoms with Crippen LogP contribution in [0.4, 0.5) is 0 Å². The molecule has 15 heavy (non-hydrogen) atoms. The molecule has 1 N–H and O–H groups in total. The number of carboxylic acid groups (broad SMARTS) is 1. The van der Waals surface area contributed by atoms with Crippen LogP contribution < -0.4 is 4.74 Å². The van der Waals surface area contributed by atoms with Gasteiger partial charge in [0.25, 0.3) is 0 Å². The zero-order valence-electron chi connectivity index (χ0n) is 8.82. The molecule has 0 spiro atoms. The van der Waals surface area contributed by atoms with E-state index in [2.05, 4.69) is 0 Å². The van der Waals surface area contributed by atoms with Gasteiger partial charge < -0.3 is 14.6 Å². The standard InChI is InChI=1S/C11H14O4/c1-3-15-7-8-4-5-9(14-2)6-10(8)11(12)13/h4-6H,3,7H2,1-2H3,(H,12,13). The van der Waals surface area contributed by atoms with E-state index in [4.69, 9.17) is 14.6 Å². The van der Waals surface area contributed by atoms with Crippen LogP contribution in [0, 0.1) is 0 Å². The summed E-state index contributed by atoms with van der Waals surface area (Å²) in [6.45, 7) is 2.73. The first-order valence-corrected chi connectivity index (χ1v) is 4.67. The maximum atomic E-state index is 10.9. The van der Waals surface area contributed by atoms with Crippen molar-refractivity contribution in [3.63, 3.8) is 0 Å². The van der Waals surface area contributed by atoms with Crippen LogP contribution in [0.5, 0.6) is 5.75 Å². The number of hydrogen-bond donors (Lipinski definition) is 1. The average Bonchev–Trinajstić information content (AvgIpc) is 2.26. The van der Waals surface area contributed by atoms with Crippen LogP contribution in [0.25, 0.3) is 0 Å². The van der Waals surface area contributed by atoms with Crippen molar-refractivity contribution in [2.45, 2.75) is 13.5 Å². The molecule has 0 heterocycles. The highest BCUT2D eigenvalue weighted by atomic mass is 16.5. The molecule has 0 bridgehead atoms. The molecule has 0 saturated heterocycles. The van der Waals surface area contributed by atoms with Crippen molar-refractivity contribution in [3.8, 4) is 5.75 Å². The van der Waals surface area contributed by atoms with Crippen molar-refractivity contribution >= 4 is 5.97 Å². The minimum absolute atomic E-state index is 0.225. The molecule has 1 aromatic rings. The van der Waals surface area contributed by atoms with Crippen molar-refractivity contribution in [3.05, 3.63) is 29.3 Å². The molecule has 0 amide bonds. The van der Waals surface area contributed by atoms with Gasteiger partial charge in [0.05, 0.1) is 19.3 Å². The summed E-state index contributed by atoms with van der Waals surface area (Å²) in [5.41, 5.74) is 0.882. The van der Waals surface area contributed by atoms with Crippen molar-refractivity contribution in [1.82, 2.24) is 0 Å². The van der Waals surface area contributed by atoms with Crippen molar-refractivity contribution in [2.75, 3.05) is 13.7 Å². The number of methoxy groups -OCH3 is 1. The Labute approximate surface area is 88.4 Å². The summed E-state index contributed by atoms with van der Waals surface area (Å²) < 4.78 is 10.1. The molecule has 0 fully saturated rings. The van der Waals surface area contributed by atoms with Crippen LogP contribution in [0.1, 0.15) is 22.8 Å². The quantitative estimate of drug-likeness (QED) is 0.806. The van der Waals surface area contributed by atoms with Gasteiger partial charge in [0.2, 0.25) is 0 Å². The van der Waals surface area contributed by atoms with Gasteiger partial charge in [0, 0.05) is 6.61 Å². The van der Waals surface area contributed by atoms with E-state index in [1.54, 1.807) is 12.1 Å². The molecule has 0 radical (unpaired) electrons. The van der Waals surface area contributed by atoms with E-state index in [1.165, 1.54) is 13.2 Å². The molecule has 1 rings (SSSR count). The van der Waals surface area contributed by atoms with Crippen LogP contribution in [0.3, 0.4) is 0 Å². The van der Waals surface area contributed by atoms with E-state index in [0.717, 1.165) is 0 Å². The SMILES string of the molecule is CCOCc1ccc(OC)cc1C(=O)O. The summed E-state index contributed by atoms with van der Waals surface area (Å²) in [7, 11) is 1.50. The summed E-state index contributed by atoms with van der Waals surface area (Å²) in [6.07, 6.45) is 0. The molecular formula is C11H14O4. The Kier molecular flexibility index (Phi) is 4.12. The summed E-state index contributed by atoms with van der Waals surface area (Å²) in [6, 6.07) is 4.93. The minimum atomic E-state index is -0.969. The number of rotatable bonds is 5. The topological polar surface area (TPSA) is 55.8 Å². The summed E-state index contributed by atoms with van der Waals surface area (Å²) in [5, 5.41) is 8.97. The van der Waals surface area contributed by atoms with Crippen LogP contribution in [0.15, 0.2) is 18.2 Å². The fourth-order valence-corrected chi connectivity index (χ4v) is 1.22. The monoisotopic (exact) mass is 210 g/mol. The molecule has 0 aliphatic rings. The van der Waals surface area contributed by atoms with E-state index in [1.807, 2.05) is 6.92 Å². The molecule has 82 valence electrons. The van der Waals surface area contributed by atoms with E-state index in [-0.39, 0.29) is 5.56 Å². The van der Waals surface area contributed by atoms with Crippen molar-refractivity contribution in [1.29, 1.82) is 0 Å². The number of ether oxygens (including phenoxy) is 2. The van der Waals surface area contributed by atoms with Crippen molar-refractivity contribution in [2.24, 2.45) is 0 Å². The van der Waals surface area contributed by atoms with Gasteiger partial charge in [-0.1, -0.05) is 6.07 Å². The van der Waals surface area contributed by atoms with Gasteiger partial charge in [-0.3, -0.25) is 0 Å². The van der Waals surface area contributed by atoms with Gasteiger partial charge in [-0.2, -0.15) is 0 Å². The van der Waals surface area contributed by atoms with Crippen LogP contribution in [-0.4, -0.2) is 24.8 Å². The van der Waals surface area contributed by atoms with E-state index >= 15 is 0 Å². The van der Waals surface area contributed by atoms with E-state index < -0.39 is 5.97 Å². The molecule has 0 aliphatic heterocycles. The first-order valence-electron chi connectivity index (χ1n) is 4.67. The smallest absolute Gasteiger partial charge is 0.336 e. The summed E-state index contributed by atoms with van der Waals surface area (Å²) in [4.78, 5) is 10.9. The lowest BCUT2D eigenvalue weighted by atomic mass is 10.1. The Morgan fingerprint density at radius 3 is 2.73 bits per heavy atom. The number of benzene rings is 1. The lowest BCUT2D eigenvalue weighted by Crippen LogP contribution is -2.04. The third-order valence-corrected chi connectivity index (χ3v) is 2.01. The highest BCUT2D eigenvalue weighted by Crippen LogP contribution is 2.18. The molecular weight excluding hydrogens is 196 g/mol. The van der Waals surface area contributed by atoms with Gasteiger partial charge in [-0.05, 0) is 24.6 Å². The third-order valence-electron chi connectivity index (χ3n) is 2.01. The fraction of sp³-hybridized carbons (Fsp3) is 0.364. The highest BCUT2D eigenvalue weighted by Gasteiger charge is 2.11. The average molecular weight is 210 g/mol. The largest absolute Gasteiger partial charge is 0.497 e. The molecule has 4 heteroatoms. The molecule has 1 aromatic carbocycles. The Hall–Kier alpha value is -1.55. The normalized spacial score (nSPS) is 10.0. The van der Waals surface area contributed by atoms with Gasteiger partial charge in [0.1, 0.15) is 5.75 Å². The number of aromatic carboxylic acids is 1. The maximum absolute atomic E-state index is 10.9. The van der Waals surface area contributed by atoms with E-state index in [0.29, 0.717) is 24.5 Å². The highest BCUT2D eigenvalue weighted by molar-refractivity contribution is 5.89. The fourth-order valence-electron chi connectivity index (χ4n) is 1.22. The number of carboxylic acids is 1. The lowest BCUT2D eigenvalue weighted by Gasteiger charge is -2.08. The van der Waals surface area contributed by atoms with Crippen LogP contribution >= 0.6 is 0 Å². The Morgan fingerprint density at radius 2 is 2.20 bits per heavy atom. The zero-order valence-corrected chi connectivity index (χ0v) is 8.82. The van der Waals surface area contributed by atoms with Crippen LogP contribution in [0.2, 0.25) is 0 Å².